The molecule has 1 fully saturated rings. The Morgan fingerprint density at radius 1 is 0.921 bits per heavy atom. The molecule has 1 aliphatic carbocycles. The van der Waals surface area contributed by atoms with Gasteiger partial charge in [-0.3, -0.25) is 9.59 Å². The summed E-state index contributed by atoms with van der Waals surface area (Å²) in [6.07, 6.45) is 6.41. The van der Waals surface area contributed by atoms with E-state index >= 15 is 0 Å². The molecule has 0 aliphatic heterocycles. The summed E-state index contributed by atoms with van der Waals surface area (Å²) >= 11 is 5.19. The van der Waals surface area contributed by atoms with Crippen LogP contribution in [0, 0.1) is 6.92 Å². The molecule has 0 heterocycles. The number of carbonyl (C=O) groups excluding carboxylic acids is 2. The first-order valence-corrected chi connectivity index (χ1v) is 15.3. The maximum Gasteiger partial charge on any atom is 0.243 e. The summed E-state index contributed by atoms with van der Waals surface area (Å²) in [5.74, 6) is 0.630. The average molecular weight is 594 g/mol. The molecule has 4 rings (SSSR count). The Bertz CT molecular complexity index is 1160. The van der Waals surface area contributed by atoms with E-state index in [1.165, 1.54) is 12.0 Å². The molecule has 6 heteroatoms. The Labute approximate surface area is 239 Å². The third-order valence-electron chi connectivity index (χ3n) is 7.09. The van der Waals surface area contributed by atoms with Crippen molar-refractivity contribution in [1.29, 1.82) is 0 Å². The lowest BCUT2D eigenvalue weighted by Crippen LogP contribution is -2.52. The Balaban J connectivity index is 1.55. The number of benzene rings is 3. The fourth-order valence-electron chi connectivity index (χ4n) is 4.92. The number of hydrogen-bond donors (Lipinski definition) is 1. The number of amides is 2. The van der Waals surface area contributed by atoms with Crippen LogP contribution in [0.3, 0.4) is 0 Å². The van der Waals surface area contributed by atoms with Gasteiger partial charge >= 0.3 is 0 Å². The van der Waals surface area contributed by atoms with Crippen LogP contribution >= 0.6 is 27.7 Å². The molecule has 38 heavy (non-hydrogen) atoms. The first-order chi connectivity index (χ1) is 18.5. The molecule has 1 N–H and O–H groups in total. The van der Waals surface area contributed by atoms with Gasteiger partial charge in [0.25, 0.3) is 0 Å². The second kappa shape index (κ2) is 14.5. The standard InChI is InChI=1S/C32H37BrN2O2S/c1-24-12-18-29(19-13-24)38-21-20-31(36)35(23-26-14-16-27(33)17-15-26)30(22-25-8-4-2-5-9-25)32(37)34-28-10-6-3-7-11-28/h2,4-5,8-9,12-19,28,30H,3,6-7,10-11,20-23H2,1H3,(H,34,37). The third-order valence-corrected chi connectivity index (χ3v) is 8.64. The van der Waals surface area contributed by atoms with E-state index in [0.717, 1.165) is 46.2 Å². The smallest absolute Gasteiger partial charge is 0.243 e. The molecule has 200 valence electrons. The van der Waals surface area contributed by atoms with E-state index in [0.29, 0.717) is 25.1 Å². The molecule has 1 saturated carbocycles. The van der Waals surface area contributed by atoms with E-state index in [-0.39, 0.29) is 17.9 Å². The van der Waals surface area contributed by atoms with Gasteiger partial charge in [0.2, 0.25) is 11.8 Å². The average Bonchev–Trinajstić information content (AvgIpc) is 2.94. The van der Waals surface area contributed by atoms with Gasteiger partial charge in [-0.15, -0.1) is 11.8 Å². The van der Waals surface area contributed by atoms with E-state index in [4.69, 9.17) is 0 Å². The Morgan fingerprint density at radius 3 is 2.29 bits per heavy atom. The monoisotopic (exact) mass is 592 g/mol. The summed E-state index contributed by atoms with van der Waals surface area (Å²) in [5, 5.41) is 3.31. The first kappa shape index (κ1) is 28.4. The molecule has 2 amide bonds. The van der Waals surface area contributed by atoms with Gasteiger partial charge in [0.15, 0.2) is 0 Å². The number of carbonyl (C=O) groups is 2. The number of nitrogens with one attached hydrogen (secondary N) is 1. The summed E-state index contributed by atoms with van der Waals surface area (Å²) in [6.45, 7) is 2.47. The van der Waals surface area contributed by atoms with E-state index < -0.39 is 6.04 Å². The molecular formula is C32H37BrN2O2S. The summed E-state index contributed by atoms with van der Waals surface area (Å²) in [5.41, 5.74) is 3.29. The SMILES string of the molecule is Cc1ccc(SCCC(=O)N(Cc2ccc(Br)cc2)C(Cc2ccccc2)C(=O)NC2CCCCC2)cc1. The summed E-state index contributed by atoms with van der Waals surface area (Å²) in [6, 6.07) is 26.0. The van der Waals surface area contributed by atoms with Crippen molar-refractivity contribution in [3.8, 4) is 0 Å². The molecular weight excluding hydrogens is 556 g/mol. The summed E-state index contributed by atoms with van der Waals surface area (Å²) in [7, 11) is 0. The van der Waals surface area contributed by atoms with Crippen molar-refractivity contribution in [2.45, 2.75) is 75.4 Å². The van der Waals surface area contributed by atoms with E-state index in [1.54, 1.807) is 11.8 Å². The quantitative estimate of drug-likeness (QED) is 0.237. The summed E-state index contributed by atoms with van der Waals surface area (Å²) < 4.78 is 0.990. The van der Waals surface area contributed by atoms with Crippen LogP contribution < -0.4 is 5.32 Å². The maximum atomic E-state index is 13.8. The fraction of sp³-hybridized carbons (Fsp3) is 0.375. The predicted octanol–water partition coefficient (Wildman–Crippen LogP) is 7.33. The number of hydrogen-bond acceptors (Lipinski definition) is 3. The van der Waals surface area contributed by atoms with Crippen molar-refractivity contribution >= 4 is 39.5 Å². The second-order valence-corrected chi connectivity index (χ2v) is 12.2. The lowest BCUT2D eigenvalue weighted by Gasteiger charge is -2.33. The van der Waals surface area contributed by atoms with Crippen molar-refractivity contribution in [1.82, 2.24) is 10.2 Å². The van der Waals surface area contributed by atoms with Crippen LogP contribution in [-0.4, -0.2) is 34.6 Å². The maximum absolute atomic E-state index is 13.8. The highest BCUT2D eigenvalue weighted by atomic mass is 79.9. The number of nitrogens with zero attached hydrogens (tertiary/aromatic N) is 1. The number of thioether (sulfide) groups is 1. The van der Waals surface area contributed by atoms with Crippen molar-refractivity contribution in [2.75, 3.05) is 5.75 Å². The van der Waals surface area contributed by atoms with Crippen LogP contribution in [0.15, 0.2) is 88.2 Å². The van der Waals surface area contributed by atoms with E-state index in [9.17, 15) is 9.59 Å². The zero-order valence-electron chi connectivity index (χ0n) is 22.1. The van der Waals surface area contributed by atoms with Crippen LogP contribution in [0.1, 0.15) is 55.2 Å². The van der Waals surface area contributed by atoms with Gasteiger partial charge < -0.3 is 10.2 Å². The minimum Gasteiger partial charge on any atom is -0.352 e. The lowest BCUT2D eigenvalue weighted by atomic mass is 9.94. The number of aryl methyl sites for hydroxylation is 1. The first-order valence-electron chi connectivity index (χ1n) is 13.6. The predicted molar refractivity (Wildman–Crippen MR) is 160 cm³/mol. The zero-order chi connectivity index (χ0) is 26.7. The highest BCUT2D eigenvalue weighted by Crippen LogP contribution is 2.23. The van der Waals surface area contributed by atoms with Crippen molar-refractivity contribution in [3.63, 3.8) is 0 Å². The van der Waals surface area contributed by atoms with Gasteiger partial charge in [0.1, 0.15) is 6.04 Å². The fourth-order valence-corrected chi connectivity index (χ4v) is 6.02. The molecule has 4 nitrogen and oxygen atoms in total. The molecule has 0 aromatic heterocycles. The molecule has 0 saturated heterocycles. The third kappa shape index (κ3) is 8.74. The lowest BCUT2D eigenvalue weighted by molar-refractivity contribution is -0.141. The van der Waals surface area contributed by atoms with Crippen LogP contribution in [0.25, 0.3) is 0 Å². The largest absolute Gasteiger partial charge is 0.352 e. The minimum atomic E-state index is -0.570. The minimum absolute atomic E-state index is 0.00672. The van der Waals surface area contributed by atoms with Crippen molar-refractivity contribution in [3.05, 3.63) is 100 Å². The van der Waals surface area contributed by atoms with Gasteiger partial charge in [-0.2, -0.15) is 0 Å². The van der Waals surface area contributed by atoms with Gasteiger partial charge in [-0.25, -0.2) is 0 Å². The molecule has 3 aromatic rings. The number of halogens is 1. The Kier molecular flexibility index (Phi) is 10.9. The van der Waals surface area contributed by atoms with Crippen LogP contribution in [0.5, 0.6) is 0 Å². The van der Waals surface area contributed by atoms with E-state index in [2.05, 4.69) is 52.4 Å². The van der Waals surface area contributed by atoms with Gasteiger partial charge in [-0.1, -0.05) is 95.4 Å². The van der Waals surface area contributed by atoms with Gasteiger partial charge in [0, 0.05) is 40.5 Å². The van der Waals surface area contributed by atoms with Gasteiger partial charge in [0.05, 0.1) is 0 Å². The zero-order valence-corrected chi connectivity index (χ0v) is 24.5. The topological polar surface area (TPSA) is 49.4 Å². The Morgan fingerprint density at radius 2 is 1.61 bits per heavy atom. The van der Waals surface area contributed by atoms with Crippen LogP contribution in [-0.2, 0) is 22.6 Å². The Hall–Kier alpha value is -2.57. The van der Waals surface area contributed by atoms with Crippen LogP contribution in [0.2, 0.25) is 0 Å². The van der Waals surface area contributed by atoms with Crippen molar-refractivity contribution in [2.24, 2.45) is 0 Å². The second-order valence-electron chi connectivity index (χ2n) is 10.1. The molecule has 3 aromatic carbocycles. The molecule has 1 aliphatic rings. The molecule has 0 spiro atoms. The molecule has 0 bridgehead atoms. The highest BCUT2D eigenvalue weighted by molar-refractivity contribution is 9.10. The molecule has 0 radical (unpaired) electrons. The highest BCUT2D eigenvalue weighted by Gasteiger charge is 2.31. The summed E-state index contributed by atoms with van der Waals surface area (Å²) in [4.78, 5) is 30.6. The molecule has 1 unspecified atom stereocenters. The number of rotatable bonds is 11. The van der Waals surface area contributed by atoms with Crippen molar-refractivity contribution < 1.29 is 9.59 Å². The normalized spacial score (nSPS) is 14.6. The van der Waals surface area contributed by atoms with Gasteiger partial charge in [-0.05, 0) is 55.2 Å². The van der Waals surface area contributed by atoms with E-state index in [1.807, 2.05) is 59.5 Å². The molecule has 1 atom stereocenters. The van der Waals surface area contributed by atoms with Crippen LogP contribution in [0.4, 0.5) is 0 Å².